The fourth-order valence-electron chi connectivity index (χ4n) is 3.08. The van der Waals surface area contributed by atoms with Crippen molar-refractivity contribution in [2.75, 3.05) is 18.9 Å². The number of para-hydroxylation sites is 1. The number of benzene rings is 1. The average molecular weight is 371 g/mol. The lowest BCUT2D eigenvalue weighted by molar-refractivity contribution is -0.119. The number of furan rings is 1. The zero-order valence-electron chi connectivity index (χ0n) is 14.7. The van der Waals surface area contributed by atoms with E-state index >= 15 is 0 Å². The number of ether oxygens (including phenoxy) is 1. The van der Waals surface area contributed by atoms with Gasteiger partial charge >= 0.3 is 0 Å². The zero-order valence-corrected chi connectivity index (χ0v) is 15.5. The number of thioether (sulfide) groups is 1. The molecule has 0 unspecified atom stereocenters. The van der Waals surface area contributed by atoms with Gasteiger partial charge in [0.05, 0.1) is 11.9 Å². The van der Waals surface area contributed by atoms with E-state index in [2.05, 4.69) is 15.3 Å². The molecule has 26 heavy (non-hydrogen) atoms. The number of nitrogens with zero attached hydrogens (tertiary/aromatic N) is 2. The van der Waals surface area contributed by atoms with Gasteiger partial charge in [-0.25, -0.2) is 9.97 Å². The molecule has 1 amide bonds. The molecule has 3 aromatic rings. The van der Waals surface area contributed by atoms with Crippen molar-refractivity contribution in [1.29, 1.82) is 0 Å². The molecule has 3 heterocycles. The highest BCUT2D eigenvalue weighted by Gasteiger charge is 2.18. The molecule has 1 N–H and O–H groups in total. The molecule has 0 aliphatic carbocycles. The Morgan fingerprint density at radius 3 is 3.04 bits per heavy atom. The van der Waals surface area contributed by atoms with Gasteiger partial charge in [0.15, 0.2) is 5.58 Å². The second-order valence-electron chi connectivity index (χ2n) is 6.30. The maximum Gasteiger partial charge on any atom is 0.230 e. The number of rotatable bonds is 6. The Morgan fingerprint density at radius 1 is 1.35 bits per heavy atom. The van der Waals surface area contributed by atoms with Gasteiger partial charge in [-0.2, -0.15) is 0 Å². The van der Waals surface area contributed by atoms with Crippen LogP contribution >= 0.6 is 11.8 Å². The first-order valence-corrected chi connectivity index (χ1v) is 9.92. The van der Waals surface area contributed by atoms with Crippen LogP contribution in [0.25, 0.3) is 22.1 Å². The van der Waals surface area contributed by atoms with Crippen molar-refractivity contribution in [3.05, 3.63) is 30.1 Å². The van der Waals surface area contributed by atoms with Crippen LogP contribution in [-0.4, -0.2) is 40.9 Å². The number of hydrogen-bond donors (Lipinski definition) is 1. The monoisotopic (exact) mass is 371 g/mol. The smallest absolute Gasteiger partial charge is 0.230 e. The van der Waals surface area contributed by atoms with Gasteiger partial charge < -0.3 is 14.5 Å². The molecule has 1 aromatic carbocycles. The highest BCUT2D eigenvalue weighted by atomic mass is 32.2. The van der Waals surface area contributed by atoms with Gasteiger partial charge in [-0.3, -0.25) is 4.79 Å². The molecule has 2 aromatic heterocycles. The average Bonchev–Trinajstić information content (AvgIpc) is 3.31. The summed E-state index contributed by atoms with van der Waals surface area (Å²) in [5.41, 5.74) is 2.25. The molecule has 0 spiro atoms. The third kappa shape index (κ3) is 3.54. The van der Waals surface area contributed by atoms with Gasteiger partial charge in [-0.05, 0) is 25.0 Å². The first kappa shape index (κ1) is 17.3. The zero-order chi connectivity index (χ0) is 17.9. The lowest BCUT2D eigenvalue weighted by Gasteiger charge is -2.10. The minimum atomic E-state index is -0.0218. The van der Waals surface area contributed by atoms with Crippen LogP contribution in [0.1, 0.15) is 25.6 Å². The van der Waals surface area contributed by atoms with Gasteiger partial charge in [0.25, 0.3) is 0 Å². The second kappa shape index (κ2) is 7.63. The largest absolute Gasteiger partial charge is 0.451 e. The summed E-state index contributed by atoms with van der Waals surface area (Å²) in [4.78, 5) is 21.4. The molecular weight excluding hydrogens is 350 g/mol. The van der Waals surface area contributed by atoms with E-state index in [1.54, 1.807) is 0 Å². The Morgan fingerprint density at radius 2 is 2.23 bits per heavy atom. The van der Waals surface area contributed by atoms with Crippen LogP contribution in [0.15, 0.2) is 33.7 Å². The Bertz CT molecular complexity index is 934. The number of amides is 1. The van der Waals surface area contributed by atoms with Gasteiger partial charge in [0.2, 0.25) is 5.91 Å². The van der Waals surface area contributed by atoms with Crippen LogP contribution in [0, 0.1) is 0 Å². The van der Waals surface area contributed by atoms with Gasteiger partial charge in [0.1, 0.15) is 22.0 Å². The van der Waals surface area contributed by atoms with Crippen LogP contribution in [0.4, 0.5) is 0 Å². The van der Waals surface area contributed by atoms with E-state index in [1.807, 2.05) is 31.2 Å². The molecule has 0 bridgehead atoms. The number of aryl methyl sites for hydroxylation is 1. The third-order valence-electron chi connectivity index (χ3n) is 4.44. The number of fused-ring (bicyclic) bond motifs is 3. The first-order chi connectivity index (χ1) is 12.7. The summed E-state index contributed by atoms with van der Waals surface area (Å²) in [5, 5.41) is 4.63. The predicted octanol–water partition coefficient (Wildman–Crippen LogP) is 3.33. The lowest BCUT2D eigenvalue weighted by Crippen LogP contribution is -2.32. The van der Waals surface area contributed by atoms with E-state index in [1.165, 1.54) is 11.8 Å². The number of aromatic nitrogens is 2. The normalized spacial score (nSPS) is 17.2. The Kier molecular flexibility index (Phi) is 5.08. The molecular formula is C19H21N3O3S. The Balaban J connectivity index is 1.52. The highest BCUT2D eigenvalue weighted by Crippen LogP contribution is 2.33. The van der Waals surface area contributed by atoms with Crippen molar-refractivity contribution < 1.29 is 13.9 Å². The Labute approximate surface area is 155 Å². The summed E-state index contributed by atoms with van der Waals surface area (Å²) in [6.45, 7) is 3.38. The second-order valence-corrected chi connectivity index (χ2v) is 7.27. The molecule has 1 fully saturated rings. The van der Waals surface area contributed by atoms with Gasteiger partial charge in [0, 0.05) is 25.0 Å². The SMILES string of the molecule is CCc1nc(SCC(=O)NC[C@@H]2CCCO2)c2oc3ccccc3c2n1. The van der Waals surface area contributed by atoms with Crippen molar-refractivity contribution in [2.45, 2.75) is 37.3 Å². The molecule has 1 saturated heterocycles. The maximum absolute atomic E-state index is 12.2. The quantitative estimate of drug-likeness (QED) is 0.529. The predicted molar refractivity (Wildman–Crippen MR) is 101 cm³/mol. The van der Waals surface area contributed by atoms with E-state index in [0.717, 1.165) is 53.2 Å². The van der Waals surface area contributed by atoms with E-state index in [9.17, 15) is 4.79 Å². The molecule has 7 heteroatoms. The molecule has 0 radical (unpaired) electrons. The molecule has 1 atom stereocenters. The number of nitrogens with one attached hydrogen (secondary N) is 1. The van der Waals surface area contributed by atoms with E-state index in [4.69, 9.17) is 9.15 Å². The number of carbonyl (C=O) groups is 1. The summed E-state index contributed by atoms with van der Waals surface area (Å²) >= 11 is 1.39. The summed E-state index contributed by atoms with van der Waals surface area (Å²) in [6, 6.07) is 7.82. The third-order valence-corrected chi connectivity index (χ3v) is 5.40. The van der Waals surface area contributed by atoms with E-state index in [-0.39, 0.29) is 12.0 Å². The van der Waals surface area contributed by atoms with E-state index < -0.39 is 0 Å². The summed E-state index contributed by atoms with van der Waals surface area (Å²) < 4.78 is 11.5. The van der Waals surface area contributed by atoms with Crippen molar-refractivity contribution in [2.24, 2.45) is 0 Å². The minimum absolute atomic E-state index is 0.0218. The standard InChI is InChI=1S/C19H21N3O3S/c1-2-15-21-17-13-7-3-4-8-14(13)25-18(17)19(22-15)26-11-16(23)20-10-12-6-5-9-24-12/h3-4,7-8,12H,2,5-6,9-11H2,1H3,(H,20,23)/t12-/m0/s1. The number of carbonyl (C=O) groups excluding carboxylic acids is 1. The molecule has 6 nitrogen and oxygen atoms in total. The van der Waals surface area contributed by atoms with E-state index in [0.29, 0.717) is 17.9 Å². The number of hydrogen-bond acceptors (Lipinski definition) is 6. The molecule has 136 valence electrons. The summed E-state index contributed by atoms with van der Waals surface area (Å²) in [5.74, 6) is 1.02. The van der Waals surface area contributed by atoms with Crippen LogP contribution in [0.5, 0.6) is 0 Å². The maximum atomic E-state index is 12.2. The fourth-order valence-corrected chi connectivity index (χ4v) is 3.89. The molecule has 1 aliphatic rings. The van der Waals surface area contributed by atoms with Crippen LogP contribution in [0.2, 0.25) is 0 Å². The first-order valence-electron chi connectivity index (χ1n) is 8.94. The van der Waals surface area contributed by atoms with Gasteiger partial charge in [-0.15, -0.1) is 0 Å². The van der Waals surface area contributed by atoms with Gasteiger partial charge in [-0.1, -0.05) is 30.8 Å². The van der Waals surface area contributed by atoms with Crippen molar-refractivity contribution >= 4 is 39.7 Å². The fraction of sp³-hybridized carbons (Fsp3) is 0.421. The Hall–Kier alpha value is -2.12. The van der Waals surface area contributed by atoms with Crippen molar-refractivity contribution in [3.63, 3.8) is 0 Å². The molecule has 0 saturated carbocycles. The molecule has 1 aliphatic heterocycles. The van der Waals surface area contributed by atoms with Crippen LogP contribution < -0.4 is 5.32 Å². The summed E-state index contributed by atoms with van der Waals surface area (Å²) in [6.07, 6.45) is 2.96. The topological polar surface area (TPSA) is 77.2 Å². The van der Waals surface area contributed by atoms with Crippen molar-refractivity contribution in [1.82, 2.24) is 15.3 Å². The molecule has 4 rings (SSSR count). The van der Waals surface area contributed by atoms with Crippen molar-refractivity contribution in [3.8, 4) is 0 Å². The highest BCUT2D eigenvalue weighted by molar-refractivity contribution is 8.00. The van der Waals surface area contributed by atoms with Crippen LogP contribution in [-0.2, 0) is 16.0 Å². The summed E-state index contributed by atoms with van der Waals surface area (Å²) in [7, 11) is 0. The van der Waals surface area contributed by atoms with Crippen LogP contribution in [0.3, 0.4) is 0 Å². The lowest BCUT2D eigenvalue weighted by atomic mass is 10.2. The minimum Gasteiger partial charge on any atom is -0.451 e.